The van der Waals surface area contributed by atoms with Crippen molar-refractivity contribution >= 4 is 51.0 Å². The van der Waals surface area contributed by atoms with Gasteiger partial charge in [0.25, 0.3) is 5.69 Å². The van der Waals surface area contributed by atoms with Crippen LogP contribution in [0.3, 0.4) is 0 Å². The van der Waals surface area contributed by atoms with E-state index in [-0.39, 0.29) is 5.69 Å². The van der Waals surface area contributed by atoms with Gasteiger partial charge in [0.1, 0.15) is 24.3 Å². The predicted octanol–water partition coefficient (Wildman–Crippen LogP) is 6.03. The first-order valence-electron chi connectivity index (χ1n) is 9.67. The normalized spacial score (nSPS) is 11.3. The molecule has 32 heavy (non-hydrogen) atoms. The van der Waals surface area contributed by atoms with Gasteiger partial charge in [0.05, 0.1) is 25.1 Å². The molecule has 4 aromatic rings. The Kier molecular flexibility index (Phi) is 6.18. The maximum atomic E-state index is 10.8. The van der Waals surface area contributed by atoms with Crippen LogP contribution in [-0.4, -0.2) is 14.9 Å². The first kappa shape index (κ1) is 21.5. The molecule has 1 N–H and O–H groups in total. The molecule has 1 aromatic heterocycles. The minimum Gasteiger partial charge on any atom is -0.488 e. The van der Waals surface area contributed by atoms with Crippen molar-refractivity contribution in [2.24, 2.45) is 0 Å². The Morgan fingerprint density at radius 3 is 2.69 bits per heavy atom. The molecular weight excluding hydrogens is 519 g/mol. The van der Waals surface area contributed by atoms with Gasteiger partial charge in [-0.25, -0.2) is 4.98 Å². The number of H-pyrrole nitrogens is 1. The predicted molar refractivity (Wildman–Crippen MR) is 131 cm³/mol. The second kappa shape index (κ2) is 9.20. The Morgan fingerprint density at radius 1 is 1.22 bits per heavy atom. The third-order valence-corrected chi connectivity index (χ3v) is 5.66. The lowest BCUT2D eigenvalue weighted by molar-refractivity contribution is -0.384. The van der Waals surface area contributed by atoms with Crippen molar-refractivity contribution in [3.63, 3.8) is 0 Å². The van der Waals surface area contributed by atoms with Crippen LogP contribution in [-0.2, 0) is 6.61 Å². The first-order valence-corrected chi connectivity index (χ1v) is 10.7. The molecular formula is C24H17IN4O3. The van der Waals surface area contributed by atoms with E-state index in [1.165, 1.54) is 12.1 Å². The molecule has 7 nitrogen and oxygen atoms in total. The van der Waals surface area contributed by atoms with Crippen LogP contribution in [0.15, 0.2) is 60.7 Å². The molecule has 0 aliphatic carbocycles. The van der Waals surface area contributed by atoms with Crippen molar-refractivity contribution in [3.8, 4) is 11.8 Å². The number of hydrogen-bond acceptors (Lipinski definition) is 5. The van der Waals surface area contributed by atoms with E-state index in [1.54, 1.807) is 18.2 Å². The number of aromatic nitrogens is 2. The SMILES string of the molecule is Cc1ccc2nc(/C(C#N)=C\c3ccc(OCc4ccc([N+](=O)[O-])cc4)c(I)c3)[nH]c2c1. The number of aromatic amines is 1. The van der Waals surface area contributed by atoms with Crippen molar-refractivity contribution in [3.05, 3.63) is 96.9 Å². The third-order valence-electron chi connectivity index (χ3n) is 4.82. The molecule has 1 heterocycles. The highest BCUT2D eigenvalue weighted by atomic mass is 127. The zero-order valence-electron chi connectivity index (χ0n) is 17.0. The summed E-state index contributed by atoms with van der Waals surface area (Å²) in [6.07, 6.45) is 1.78. The molecule has 0 aliphatic rings. The molecule has 0 amide bonds. The third kappa shape index (κ3) is 4.78. The highest BCUT2D eigenvalue weighted by molar-refractivity contribution is 14.1. The van der Waals surface area contributed by atoms with Gasteiger partial charge in [0.15, 0.2) is 0 Å². The van der Waals surface area contributed by atoms with Crippen LogP contribution in [0.2, 0.25) is 0 Å². The standard InChI is InChI=1S/C24H17IN4O3/c1-15-2-8-21-22(10-15)28-24(27-21)18(13-26)11-17-5-9-23(20(25)12-17)32-14-16-3-6-19(7-4-16)29(30)31/h2-12H,14H2,1H3,(H,27,28)/b18-11-. The number of nitro benzene ring substituents is 1. The number of benzene rings is 3. The van der Waals surface area contributed by atoms with Crippen molar-refractivity contribution in [1.29, 1.82) is 5.26 Å². The molecule has 0 aliphatic heterocycles. The number of halogens is 1. The fourth-order valence-corrected chi connectivity index (χ4v) is 3.87. The smallest absolute Gasteiger partial charge is 0.269 e. The van der Waals surface area contributed by atoms with Gasteiger partial charge in [0, 0.05) is 12.1 Å². The minimum absolute atomic E-state index is 0.0485. The van der Waals surface area contributed by atoms with Crippen LogP contribution in [0.5, 0.6) is 5.75 Å². The number of nitriles is 1. The zero-order valence-corrected chi connectivity index (χ0v) is 19.2. The minimum atomic E-state index is -0.429. The van der Waals surface area contributed by atoms with E-state index < -0.39 is 4.92 Å². The number of hydrogen-bond donors (Lipinski definition) is 1. The van der Waals surface area contributed by atoms with Gasteiger partial charge in [-0.15, -0.1) is 0 Å². The number of nitrogens with one attached hydrogen (secondary N) is 1. The maximum absolute atomic E-state index is 10.8. The summed E-state index contributed by atoms with van der Waals surface area (Å²) in [5.74, 6) is 1.22. The summed E-state index contributed by atoms with van der Waals surface area (Å²) in [7, 11) is 0. The molecule has 0 saturated carbocycles. The van der Waals surface area contributed by atoms with Crippen LogP contribution in [0.4, 0.5) is 5.69 Å². The van der Waals surface area contributed by atoms with Crippen molar-refractivity contribution in [2.45, 2.75) is 13.5 Å². The molecule has 0 radical (unpaired) electrons. The summed E-state index contributed by atoms with van der Waals surface area (Å²) in [4.78, 5) is 18.1. The number of nitrogens with zero attached hydrogens (tertiary/aromatic N) is 3. The summed E-state index contributed by atoms with van der Waals surface area (Å²) in [6.45, 7) is 2.30. The van der Waals surface area contributed by atoms with Gasteiger partial charge in [-0.2, -0.15) is 5.26 Å². The second-order valence-corrected chi connectivity index (χ2v) is 8.34. The molecule has 158 valence electrons. The number of rotatable bonds is 6. The molecule has 0 bridgehead atoms. The number of non-ortho nitro benzene ring substituents is 1. The fourth-order valence-electron chi connectivity index (χ4n) is 3.17. The van der Waals surface area contributed by atoms with Crippen LogP contribution in [0.25, 0.3) is 22.7 Å². The molecule has 0 atom stereocenters. The number of aryl methyl sites for hydroxylation is 1. The first-order chi connectivity index (χ1) is 15.4. The number of imidazole rings is 1. The van der Waals surface area contributed by atoms with Crippen molar-refractivity contribution < 1.29 is 9.66 Å². The van der Waals surface area contributed by atoms with Gasteiger partial charge in [-0.05, 0) is 88.7 Å². The monoisotopic (exact) mass is 536 g/mol. The van der Waals surface area contributed by atoms with E-state index in [4.69, 9.17) is 4.74 Å². The number of nitro groups is 1. The van der Waals surface area contributed by atoms with Gasteiger partial charge in [0.2, 0.25) is 0 Å². The number of fused-ring (bicyclic) bond motifs is 1. The Bertz CT molecular complexity index is 1380. The van der Waals surface area contributed by atoms with Crippen LogP contribution < -0.4 is 4.74 Å². The molecule has 0 fully saturated rings. The van der Waals surface area contributed by atoms with Gasteiger partial charge in [-0.1, -0.05) is 12.1 Å². The molecule has 3 aromatic carbocycles. The van der Waals surface area contributed by atoms with Gasteiger partial charge < -0.3 is 9.72 Å². The van der Waals surface area contributed by atoms with Crippen molar-refractivity contribution in [1.82, 2.24) is 9.97 Å². The van der Waals surface area contributed by atoms with E-state index in [0.717, 1.165) is 31.3 Å². The van der Waals surface area contributed by atoms with E-state index in [2.05, 4.69) is 38.6 Å². The molecule has 0 saturated heterocycles. The summed E-state index contributed by atoms with van der Waals surface area (Å²) in [5.41, 5.74) is 5.00. The number of ether oxygens (including phenoxy) is 1. The lowest BCUT2D eigenvalue weighted by Crippen LogP contribution is -1.98. The van der Waals surface area contributed by atoms with Crippen LogP contribution in [0, 0.1) is 31.9 Å². The summed E-state index contributed by atoms with van der Waals surface area (Å²) in [6, 6.07) is 20.1. The Hall–Kier alpha value is -3.71. The largest absolute Gasteiger partial charge is 0.488 e. The van der Waals surface area contributed by atoms with E-state index in [9.17, 15) is 15.4 Å². The van der Waals surface area contributed by atoms with Gasteiger partial charge >= 0.3 is 0 Å². The lowest BCUT2D eigenvalue weighted by Gasteiger charge is -2.09. The van der Waals surface area contributed by atoms with E-state index in [1.807, 2.05) is 43.3 Å². The highest BCUT2D eigenvalue weighted by Gasteiger charge is 2.10. The summed E-state index contributed by atoms with van der Waals surface area (Å²) >= 11 is 2.18. The zero-order chi connectivity index (χ0) is 22.7. The van der Waals surface area contributed by atoms with Gasteiger partial charge in [-0.3, -0.25) is 10.1 Å². The topological polar surface area (TPSA) is 105 Å². The number of allylic oxidation sites excluding steroid dienone is 1. The summed E-state index contributed by atoms with van der Waals surface area (Å²) < 4.78 is 6.75. The molecule has 8 heteroatoms. The van der Waals surface area contributed by atoms with E-state index in [0.29, 0.717) is 23.8 Å². The van der Waals surface area contributed by atoms with E-state index >= 15 is 0 Å². The molecule has 4 rings (SSSR count). The summed E-state index contributed by atoms with van der Waals surface area (Å²) in [5, 5.41) is 20.4. The average Bonchev–Trinajstić information content (AvgIpc) is 3.20. The van der Waals surface area contributed by atoms with Crippen molar-refractivity contribution in [2.75, 3.05) is 0 Å². The maximum Gasteiger partial charge on any atom is 0.269 e. The van der Waals surface area contributed by atoms with Crippen LogP contribution >= 0.6 is 22.6 Å². The quantitative estimate of drug-likeness (QED) is 0.140. The Labute approximate surface area is 197 Å². The second-order valence-electron chi connectivity index (χ2n) is 7.18. The average molecular weight is 536 g/mol. The molecule has 0 spiro atoms. The Balaban J connectivity index is 1.51. The lowest BCUT2D eigenvalue weighted by atomic mass is 10.1. The van der Waals surface area contributed by atoms with Crippen LogP contribution in [0.1, 0.15) is 22.5 Å². The molecule has 0 unspecified atom stereocenters. The highest BCUT2D eigenvalue weighted by Crippen LogP contribution is 2.26. The Morgan fingerprint density at radius 2 is 2.00 bits per heavy atom. The fraction of sp³-hybridized carbons (Fsp3) is 0.0833.